The highest BCUT2D eigenvalue weighted by molar-refractivity contribution is 5.88. The van der Waals surface area contributed by atoms with Gasteiger partial charge in [0.05, 0.1) is 5.56 Å². The van der Waals surface area contributed by atoms with Crippen molar-refractivity contribution in [3.05, 3.63) is 41.5 Å². The van der Waals surface area contributed by atoms with Gasteiger partial charge in [0.25, 0.3) is 0 Å². The highest BCUT2D eigenvalue weighted by atomic mass is 16.4. The van der Waals surface area contributed by atoms with E-state index in [1.54, 1.807) is 12.1 Å². The lowest BCUT2D eigenvalue weighted by Crippen LogP contribution is -2.08. The molecule has 0 aliphatic heterocycles. The van der Waals surface area contributed by atoms with Crippen LogP contribution in [-0.4, -0.2) is 11.1 Å². The number of rotatable bonds is 7. The van der Waals surface area contributed by atoms with E-state index in [-0.39, 0.29) is 0 Å². The molecular weight excluding hydrogens is 272 g/mol. The summed E-state index contributed by atoms with van der Waals surface area (Å²) < 4.78 is 0. The van der Waals surface area contributed by atoms with Gasteiger partial charge in [-0.2, -0.15) is 0 Å². The molecule has 2 heteroatoms. The molecule has 1 aromatic carbocycles. The molecule has 1 unspecified atom stereocenters. The zero-order valence-corrected chi connectivity index (χ0v) is 13.8. The van der Waals surface area contributed by atoms with E-state index in [0.717, 1.165) is 18.3 Å². The van der Waals surface area contributed by atoms with Gasteiger partial charge in [-0.3, -0.25) is 0 Å². The van der Waals surface area contributed by atoms with Gasteiger partial charge >= 0.3 is 5.97 Å². The first kappa shape index (κ1) is 16.8. The largest absolute Gasteiger partial charge is 0.478 e. The third-order valence-corrected chi connectivity index (χ3v) is 5.16. The molecule has 0 fully saturated rings. The molecule has 0 heterocycles. The number of hydrogen-bond donors (Lipinski definition) is 1. The van der Waals surface area contributed by atoms with Crippen molar-refractivity contribution in [2.24, 2.45) is 11.8 Å². The molecular formula is C20H28O2. The molecule has 0 spiro atoms. The average Bonchev–Trinajstić information content (AvgIpc) is 2.56. The van der Waals surface area contributed by atoms with Gasteiger partial charge in [-0.25, -0.2) is 4.79 Å². The summed E-state index contributed by atoms with van der Waals surface area (Å²) in [4.78, 5) is 10.9. The van der Waals surface area contributed by atoms with Gasteiger partial charge in [-0.15, -0.1) is 0 Å². The summed E-state index contributed by atoms with van der Waals surface area (Å²) >= 11 is 0. The highest BCUT2D eigenvalue weighted by Gasteiger charge is 2.17. The van der Waals surface area contributed by atoms with Crippen molar-refractivity contribution in [3.8, 4) is 0 Å². The number of allylic oxidation sites excluding steroid dienone is 2. The summed E-state index contributed by atoms with van der Waals surface area (Å²) in [6.45, 7) is 4.60. The van der Waals surface area contributed by atoms with Gasteiger partial charge < -0.3 is 5.11 Å². The van der Waals surface area contributed by atoms with Crippen molar-refractivity contribution in [3.63, 3.8) is 0 Å². The van der Waals surface area contributed by atoms with E-state index in [9.17, 15) is 4.79 Å². The van der Waals surface area contributed by atoms with Crippen molar-refractivity contribution in [1.82, 2.24) is 0 Å². The first-order valence-electron chi connectivity index (χ1n) is 8.66. The molecule has 1 atom stereocenters. The van der Waals surface area contributed by atoms with E-state index >= 15 is 0 Å². The average molecular weight is 300 g/mol. The predicted octanol–water partition coefficient (Wildman–Crippen LogP) is 5.78. The van der Waals surface area contributed by atoms with Crippen LogP contribution in [0.15, 0.2) is 30.3 Å². The van der Waals surface area contributed by atoms with Crippen LogP contribution in [0.2, 0.25) is 0 Å². The van der Waals surface area contributed by atoms with E-state index in [1.165, 1.54) is 49.7 Å². The van der Waals surface area contributed by atoms with Crippen molar-refractivity contribution in [1.29, 1.82) is 0 Å². The summed E-state index contributed by atoms with van der Waals surface area (Å²) in [7, 11) is 0. The number of carboxylic acids is 1. The summed E-state index contributed by atoms with van der Waals surface area (Å²) in [5.74, 6) is 0.877. The lowest BCUT2D eigenvalue weighted by atomic mass is 9.82. The van der Waals surface area contributed by atoms with Gasteiger partial charge in [-0.1, -0.05) is 51.3 Å². The molecule has 2 nitrogen and oxygen atoms in total. The van der Waals surface area contributed by atoms with Crippen LogP contribution < -0.4 is 0 Å². The maximum atomic E-state index is 10.9. The van der Waals surface area contributed by atoms with Crippen LogP contribution in [-0.2, 0) is 0 Å². The van der Waals surface area contributed by atoms with E-state index in [2.05, 4.69) is 19.9 Å². The Labute approximate surface area is 134 Å². The molecule has 0 saturated carbocycles. The maximum absolute atomic E-state index is 10.9. The van der Waals surface area contributed by atoms with Crippen molar-refractivity contribution in [2.75, 3.05) is 0 Å². The van der Waals surface area contributed by atoms with Crippen LogP contribution in [0.25, 0.3) is 5.57 Å². The first-order chi connectivity index (χ1) is 10.6. The molecule has 0 radical (unpaired) electrons. The molecule has 1 N–H and O–H groups in total. The molecule has 22 heavy (non-hydrogen) atoms. The molecule has 1 aliphatic carbocycles. The lowest BCUT2D eigenvalue weighted by molar-refractivity contribution is 0.0697. The van der Waals surface area contributed by atoms with E-state index < -0.39 is 5.97 Å². The molecule has 0 aromatic heterocycles. The second kappa shape index (κ2) is 8.17. The van der Waals surface area contributed by atoms with Crippen molar-refractivity contribution < 1.29 is 9.90 Å². The Balaban J connectivity index is 1.89. The van der Waals surface area contributed by atoms with Crippen LogP contribution >= 0.6 is 0 Å². The molecule has 2 rings (SSSR count). The first-order valence-corrected chi connectivity index (χ1v) is 8.66. The number of carbonyl (C=O) groups is 1. The standard InChI is InChI=1S/C20H28O2/c1-3-15(4-2)5-6-16-7-9-17(10-8-16)18-11-13-19(14-12-18)20(21)22/h9,11-16H,3-8,10H2,1-2H3,(H,21,22). The van der Waals surface area contributed by atoms with Crippen LogP contribution in [0.4, 0.5) is 0 Å². The van der Waals surface area contributed by atoms with Gasteiger partial charge in [0, 0.05) is 0 Å². The molecule has 1 aromatic rings. The molecule has 1 aliphatic rings. The number of hydrogen-bond acceptors (Lipinski definition) is 1. The van der Waals surface area contributed by atoms with Crippen LogP contribution in [0.5, 0.6) is 0 Å². The Morgan fingerprint density at radius 3 is 2.41 bits per heavy atom. The Kier molecular flexibility index (Phi) is 6.23. The zero-order chi connectivity index (χ0) is 15.9. The minimum atomic E-state index is -0.856. The van der Waals surface area contributed by atoms with Gasteiger partial charge in [0.1, 0.15) is 0 Å². The van der Waals surface area contributed by atoms with Crippen LogP contribution in [0.3, 0.4) is 0 Å². The van der Waals surface area contributed by atoms with E-state index in [0.29, 0.717) is 5.56 Å². The third kappa shape index (κ3) is 4.46. The van der Waals surface area contributed by atoms with E-state index in [4.69, 9.17) is 5.11 Å². The van der Waals surface area contributed by atoms with Gasteiger partial charge in [-0.05, 0) is 60.8 Å². The predicted molar refractivity (Wildman–Crippen MR) is 92.0 cm³/mol. The van der Waals surface area contributed by atoms with Crippen LogP contribution in [0.1, 0.15) is 74.7 Å². The third-order valence-electron chi connectivity index (χ3n) is 5.16. The molecule has 0 amide bonds. The Bertz CT molecular complexity index is 509. The summed E-state index contributed by atoms with van der Waals surface area (Å²) in [6, 6.07) is 7.30. The SMILES string of the molecule is CCC(CC)CCC1CC=C(c2ccc(C(=O)O)cc2)CC1. The summed E-state index contributed by atoms with van der Waals surface area (Å²) in [5.41, 5.74) is 2.93. The molecule has 120 valence electrons. The smallest absolute Gasteiger partial charge is 0.335 e. The molecule has 0 bridgehead atoms. The maximum Gasteiger partial charge on any atom is 0.335 e. The van der Waals surface area contributed by atoms with Crippen LogP contribution in [0, 0.1) is 11.8 Å². The van der Waals surface area contributed by atoms with Gasteiger partial charge in [0.15, 0.2) is 0 Å². The Hall–Kier alpha value is -1.57. The van der Waals surface area contributed by atoms with E-state index in [1.807, 2.05) is 12.1 Å². The molecule has 0 saturated heterocycles. The lowest BCUT2D eigenvalue weighted by Gasteiger charge is -2.24. The van der Waals surface area contributed by atoms with Gasteiger partial charge in [0.2, 0.25) is 0 Å². The fourth-order valence-electron chi connectivity index (χ4n) is 3.41. The normalized spacial score (nSPS) is 18.3. The minimum Gasteiger partial charge on any atom is -0.478 e. The van der Waals surface area contributed by atoms with Crippen molar-refractivity contribution >= 4 is 11.5 Å². The Morgan fingerprint density at radius 2 is 1.91 bits per heavy atom. The minimum absolute atomic E-state index is 0.364. The quantitative estimate of drug-likeness (QED) is 0.692. The topological polar surface area (TPSA) is 37.3 Å². The Morgan fingerprint density at radius 1 is 1.23 bits per heavy atom. The fourth-order valence-corrected chi connectivity index (χ4v) is 3.41. The monoisotopic (exact) mass is 300 g/mol. The number of carboxylic acid groups (broad SMARTS) is 1. The summed E-state index contributed by atoms with van der Waals surface area (Å²) in [6.07, 6.45) is 11.3. The second-order valence-corrected chi connectivity index (χ2v) is 6.51. The number of aromatic carboxylic acids is 1. The van der Waals surface area contributed by atoms with Crippen molar-refractivity contribution in [2.45, 2.75) is 58.8 Å². The zero-order valence-electron chi connectivity index (χ0n) is 13.8. The highest BCUT2D eigenvalue weighted by Crippen LogP contribution is 2.33. The number of benzene rings is 1. The summed E-state index contributed by atoms with van der Waals surface area (Å²) in [5, 5.41) is 8.95. The fraction of sp³-hybridized carbons (Fsp3) is 0.550. The second-order valence-electron chi connectivity index (χ2n) is 6.51.